The Morgan fingerprint density at radius 1 is 1.28 bits per heavy atom. The molecule has 2 aliphatic heterocycles. The fourth-order valence-corrected chi connectivity index (χ4v) is 4.55. The van der Waals surface area contributed by atoms with Gasteiger partial charge >= 0.3 is 0 Å². The highest BCUT2D eigenvalue weighted by atomic mass is 35.5. The lowest BCUT2D eigenvalue weighted by atomic mass is 9.82. The van der Waals surface area contributed by atoms with Crippen molar-refractivity contribution in [1.29, 1.82) is 0 Å². The van der Waals surface area contributed by atoms with E-state index in [2.05, 4.69) is 28.9 Å². The third kappa shape index (κ3) is 4.46. The third-order valence-electron chi connectivity index (χ3n) is 6.24. The van der Waals surface area contributed by atoms with Crippen molar-refractivity contribution in [3.63, 3.8) is 0 Å². The molecule has 1 unspecified atom stereocenters. The highest BCUT2D eigenvalue weighted by Crippen LogP contribution is 2.37. The fraction of sp³-hybridized carbons (Fsp3) is 0.417. The fourth-order valence-electron chi connectivity index (χ4n) is 4.42. The number of hydrazine groups is 1. The molecule has 0 spiro atoms. The highest BCUT2D eigenvalue weighted by molar-refractivity contribution is 6.30. The van der Waals surface area contributed by atoms with Crippen molar-refractivity contribution in [2.75, 3.05) is 39.9 Å². The van der Waals surface area contributed by atoms with Crippen LogP contribution in [0.4, 0.5) is 0 Å². The summed E-state index contributed by atoms with van der Waals surface area (Å²) in [5.74, 6) is 0.328. The van der Waals surface area contributed by atoms with Crippen LogP contribution >= 0.6 is 11.6 Å². The van der Waals surface area contributed by atoms with E-state index in [-0.39, 0.29) is 17.4 Å². The van der Waals surface area contributed by atoms with Gasteiger partial charge in [0.15, 0.2) is 0 Å². The number of ether oxygens (including phenoxy) is 1. The second-order valence-electron chi connectivity index (χ2n) is 8.71. The number of benzene rings is 1. The highest BCUT2D eigenvalue weighted by Gasteiger charge is 2.40. The molecule has 8 heteroatoms. The minimum absolute atomic E-state index is 0.0390. The zero-order chi connectivity index (χ0) is 22.9. The molecule has 1 aromatic rings. The van der Waals surface area contributed by atoms with Gasteiger partial charge in [0, 0.05) is 61.6 Å². The lowest BCUT2D eigenvalue weighted by Gasteiger charge is -2.41. The Balaban J connectivity index is 1.35. The smallest absolute Gasteiger partial charge is 0.253 e. The van der Waals surface area contributed by atoms with Crippen LogP contribution in [0.3, 0.4) is 0 Å². The van der Waals surface area contributed by atoms with E-state index in [1.165, 1.54) is 0 Å². The maximum Gasteiger partial charge on any atom is 0.253 e. The third-order valence-corrected chi connectivity index (χ3v) is 6.49. The SMILES string of the molecule is COCCNC(=O)C1=C(C)C2=CN(CC3CN(C(=O)c4ccc(Cl)cc4)C3)NC2(C)C=C1. The van der Waals surface area contributed by atoms with Crippen molar-refractivity contribution >= 4 is 23.4 Å². The van der Waals surface area contributed by atoms with Crippen LogP contribution in [0.1, 0.15) is 24.2 Å². The summed E-state index contributed by atoms with van der Waals surface area (Å²) >= 11 is 5.91. The molecule has 0 radical (unpaired) electrons. The van der Waals surface area contributed by atoms with Gasteiger partial charge in [-0.05, 0) is 49.3 Å². The molecule has 2 N–H and O–H groups in total. The quantitative estimate of drug-likeness (QED) is 0.617. The van der Waals surface area contributed by atoms with Crippen molar-refractivity contribution in [3.8, 4) is 0 Å². The molecule has 0 saturated carbocycles. The van der Waals surface area contributed by atoms with E-state index in [0.29, 0.717) is 35.2 Å². The van der Waals surface area contributed by atoms with E-state index in [4.69, 9.17) is 16.3 Å². The summed E-state index contributed by atoms with van der Waals surface area (Å²) in [7, 11) is 1.61. The second-order valence-corrected chi connectivity index (χ2v) is 9.15. The average Bonchev–Trinajstić information content (AvgIpc) is 3.08. The molecule has 1 aromatic carbocycles. The van der Waals surface area contributed by atoms with E-state index in [1.807, 2.05) is 24.0 Å². The van der Waals surface area contributed by atoms with Crippen LogP contribution in [-0.4, -0.2) is 67.2 Å². The molecule has 0 bridgehead atoms. The number of hydrogen-bond acceptors (Lipinski definition) is 5. The topological polar surface area (TPSA) is 73.9 Å². The van der Waals surface area contributed by atoms with Crippen LogP contribution in [0.2, 0.25) is 5.02 Å². The molecule has 1 aliphatic carbocycles. The first-order valence-corrected chi connectivity index (χ1v) is 11.2. The van der Waals surface area contributed by atoms with Crippen molar-refractivity contribution in [3.05, 3.63) is 69.9 Å². The standard InChI is InChI=1S/C24H29ClN4O3/c1-16-20(22(30)26-10-11-32-3)8-9-24(2)21(16)15-29(27-24)14-17-12-28(13-17)23(31)18-4-6-19(25)7-5-18/h4-9,15,17,27H,10-14H2,1-3H3,(H,26,30). The van der Waals surface area contributed by atoms with Crippen molar-refractivity contribution in [2.24, 2.45) is 5.92 Å². The Morgan fingerprint density at radius 2 is 2.00 bits per heavy atom. The average molecular weight is 457 g/mol. The van der Waals surface area contributed by atoms with E-state index >= 15 is 0 Å². The Labute approximate surface area is 193 Å². The zero-order valence-corrected chi connectivity index (χ0v) is 19.4. The molecule has 4 rings (SSSR count). The van der Waals surface area contributed by atoms with Crippen LogP contribution in [0.5, 0.6) is 0 Å². The maximum absolute atomic E-state index is 12.6. The first kappa shape index (κ1) is 22.6. The number of methoxy groups -OCH3 is 1. The Morgan fingerprint density at radius 3 is 2.69 bits per heavy atom. The minimum atomic E-state index is -0.344. The number of halogens is 1. The van der Waals surface area contributed by atoms with E-state index in [9.17, 15) is 9.59 Å². The first-order valence-electron chi connectivity index (χ1n) is 10.8. The van der Waals surface area contributed by atoms with E-state index in [0.717, 1.165) is 30.8 Å². The van der Waals surface area contributed by atoms with Crippen LogP contribution in [0, 0.1) is 5.92 Å². The van der Waals surface area contributed by atoms with Crippen LogP contribution < -0.4 is 10.7 Å². The number of fused-ring (bicyclic) bond motifs is 1. The molecule has 0 aromatic heterocycles. The Kier molecular flexibility index (Phi) is 6.42. The van der Waals surface area contributed by atoms with Gasteiger partial charge in [-0.1, -0.05) is 23.8 Å². The van der Waals surface area contributed by atoms with Gasteiger partial charge in [0.05, 0.1) is 12.1 Å². The predicted molar refractivity (Wildman–Crippen MR) is 124 cm³/mol. The van der Waals surface area contributed by atoms with Gasteiger partial charge in [-0.3, -0.25) is 9.59 Å². The van der Waals surface area contributed by atoms with E-state index in [1.54, 1.807) is 31.4 Å². The van der Waals surface area contributed by atoms with Gasteiger partial charge in [0.25, 0.3) is 11.8 Å². The number of likely N-dealkylation sites (tertiary alicyclic amines) is 1. The molecular formula is C24H29ClN4O3. The molecular weight excluding hydrogens is 428 g/mol. The van der Waals surface area contributed by atoms with Crippen LogP contribution in [0.25, 0.3) is 0 Å². The van der Waals surface area contributed by atoms with Crippen LogP contribution in [-0.2, 0) is 9.53 Å². The van der Waals surface area contributed by atoms with Gasteiger partial charge in [-0.25, -0.2) is 5.43 Å². The predicted octanol–water partition coefficient (Wildman–Crippen LogP) is 2.52. The zero-order valence-electron chi connectivity index (χ0n) is 18.7. The van der Waals surface area contributed by atoms with Crippen molar-refractivity contribution in [1.82, 2.24) is 20.7 Å². The van der Waals surface area contributed by atoms with Crippen molar-refractivity contribution in [2.45, 2.75) is 19.4 Å². The lowest BCUT2D eigenvalue weighted by molar-refractivity contribution is -0.117. The summed E-state index contributed by atoms with van der Waals surface area (Å²) in [4.78, 5) is 27.0. The van der Waals surface area contributed by atoms with Crippen molar-refractivity contribution < 1.29 is 14.3 Å². The minimum Gasteiger partial charge on any atom is -0.383 e. The number of carbonyl (C=O) groups is 2. The summed E-state index contributed by atoms with van der Waals surface area (Å²) in [5, 5.41) is 5.60. The maximum atomic E-state index is 12.6. The van der Waals surface area contributed by atoms with Gasteiger partial charge in [-0.2, -0.15) is 0 Å². The largest absolute Gasteiger partial charge is 0.383 e. The Bertz CT molecular complexity index is 995. The van der Waals surface area contributed by atoms with Crippen LogP contribution in [0.15, 0.2) is 59.3 Å². The molecule has 2 heterocycles. The molecule has 170 valence electrons. The molecule has 1 saturated heterocycles. The Hall–Kier alpha value is -2.61. The summed E-state index contributed by atoms with van der Waals surface area (Å²) in [6.07, 6.45) is 6.01. The number of nitrogens with zero attached hydrogens (tertiary/aromatic N) is 2. The molecule has 1 atom stereocenters. The van der Waals surface area contributed by atoms with E-state index < -0.39 is 0 Å². The lowest BCUT2D eigenvalue weighted by Crippen LogP contribution is -2.55. The molecule has 1 fully saturated rings. The summed E-state index contributed by atoms with van der Waals surface area (Å²) < 4.78 is 5.00. The van der Waals surface area contributed by atoms with Gasteiger partial charge in [0.2, 0.25) is 0 Å². The molecule has 2 amide bonds. The van der Waals surface area contributed by atoms with Gasteiger partial charge in [-0.15, -0.1) is 0 Å². The second kappa shape index (κ2) is 9.10. The summed E-state index contributed by atoms with van der Waals surface area (Å²) in [6.45, 7) is 7.29. The van der Waals surface area contributed by atoms with Gasteiger partial charge in [0.1, 0.15) is 0 Å². The molecule has 3 aliphatic rings. The number of rotatable bonds is 7. The monoisotopic (exact) mass is 456 g/mol. The normalized spacial score (nSPS) is 22.6. The number of amides is 2. The first-order chi connectivity index (χ1) is 15.3. The van der Waals surface area contributed by atoms with Gasteiger partial charge < -0.3 is 20.0 Å². The molecule has 7 nitrogen and oxygen atoms in total. The molecule has 32 heavy (non-hydrogen) atoms. The summed E-state index contributed by atoms with van der Waals surface area (Å²) in [5.41, 5.74) is 6.59. The number of carbonyl (C=O) groups excluding carboxylic acids is 2. The number of nitrogens with one attached hydrogen (secondary N) is 2. The summed E-state index contributed by atoms with van der Waals surface area (Å²) in [6, 6.07) is 7.01. The number of hydrogen-bond donors (Lipinski definition) is 2.